The SMILES string of the molecule is COc1ccc(CN2COc3ccc4c(c3C2)O/C(=C\c2cccc(OC)c2OC)C4=O)cc1OC. The van der Waals surface area contributed by atoms with Crippen molar-refractivity contribution in [3.63, 3.8) is 0 Å². The smallest absolute Gasteiger partial charge is 0.231 e. The first-order valence-electron chi connectivity index (χ1n) is 11.4. The number of Topliss-reactive ketones (excluding diaryl/α,β-unsaturated/α-hetero) is 1. The Morgan fingerprint density at radius 2 is 1.72 bits per heavy atom. The van der Waals surface area contributed by atoms with Gasteiger partial charge in [-0.3, -0.25) is 9.69 Å². The molecule has 0 fully saturated rings. The van der Waals surface area contributed by atoms with E-state index < -0.39 is 0 Å². The van der Waals surface area contributed by atoms with Crippen LogP contribution in [0.15, 0.2) is 54.3 Å². The van der Waals surface area contributed by atoms with E-state index in [1.807, 2.05) is 36.4 Å². The zero-order valence-corrected chi connectivity index (χ0v) is 20.6. The van der Waals surface area contributed by atoms with Crippen molar-refractivity contribution in [3.05, 3.63) is 76.5 Å². The molecular weight excluding hydrogens is 462 g/mol. The van der Waals surface area contributed by atoms with Gasteiger partial charge in [-0.15, -0.1) is 0 Å². The average molecular weight is 490 g/mol. The van der Waals surface area contributed by atoms with E-state index in [9.17, 15) is 4.79 Å². The van der Waals surface area contributed by atoms with Crippen LogP contribution in [-0.4, -0.2) is 45.9 Å². The fourth-order valence-corrected chi connectivity index (χ4v) is 4.51. The maximum Gasteiger partial charge on any atom is 0.231 e. The lowest BCUT2D eigenvalue weighted by molar-refractivity contribution is 0.0872. The van der Waals surface area contributed by atoms with Crippen molar-refractivity contribution in [2.45, 2.75) is 13.1 Å². The summed E-state index contributed by atoms with van der Waals surface area (Å²) in [6.07, 6.45) is 1.68. The molecule has 0 N–H and O–H groups in total. The van der Waals surface area contributed by atoms with Gasteiger partial charge < -0.3 is 28.4 Å². The molecule has 0 saturated carbocycles. The number of hydrogen-bond acceptors (Lipinski definition) is 8. The van der Waals surface area contributed by atoms with E-state index in [4.69, 9.17) is 28.4 Å². The summed E-state index contributed by atoms with van der Waals surface area (Å²) in [4.78, 5) is 15.3. The summed E-state index contributed by atoms with van der Waals surface area (Å²) in [6, 6.07) is 14.9. The summed E-state index contributed by atoms with van der Waals surface area (Å²) in [5.74, 6) is 3.74. The highest BCUT2D eigenvalue weighted by atomic mass is 16.5. The van der Waals surface area contributed by atoms with E-state index in [2.05, 4.69) is 4.90 Å². The van der Waals surface area contributed by atoms with Gasteiger partial charge in [-0.2, -0.15) is 0 Å². The third-order valence-electron chi connectivity index (χ3n) is 6.26. The second-order valence-electron chi connectivity index (χ2n) is 8.39. The van der Waals surface area contributed by atoms with Gasteiger partial charge in [-0.1, -0.05) is 18.2 Å². The van der Waals surface area contributed by atoms with Crippen molar-refractivity contribution >= 4 is 11.9 Å². The summed E-state index contributed by atoms with van der Waals surface area (Å²) in [5.41, 5.74) is 3.09. The van der Waals surface area contributed by atoms with Gasteiger partial charge in [0.2, 0.25) is 5.78 Å². The Bertz CT molecular complexity index is 1350. The molecule has 2 aliphatic heterocycles. The van der Waals surface area contributed by atoms with Gasteiger partial charge in [0.15, 0.2) is 28.8 Å². The minimum Gasteiger partial charge on any atom is -0.493 e. The first-order chi connectivity index (χ1) is 17.6. The van der Waals surface area contributed by atoms with E-state index in [-0.39, 0.29) is 11.5 Å². The van der Waals surface area contributed by atoms with Crippen molar-refractivity contribution < 1.29 is 33.2 Å². The summed E-state index contributed by atoms with van der Waals surface area (Å²) in [5, 5.41) is 0. The van der Waals surface area contributed by atoms with Crippen molar-refractivity contribution in [2.75, 3.05) is 35.2 Å². The summed E-state index contributed by atoms with van der Waals surface area (Å²) < 4.78 is 33.8. The van der Waals surface area contributed by atoms with Gasteiger partial charge in [0.05, 0.1) is 39.6 Å². The Kier molecular flexibility index (Phi) is 6.43. The van der Waals surface area contributed by atoms with Crippen LogP contribution in [0.25, 0.3) is 6.08 Å². The van der Waals surface area contributed by atoms with Crippen molar-refractivity contribution in [1.82, 2.24) is 4.90 Å². The Morgan fingerprint density at radius 3 is 2.47 bits per heavy atom. The molecule has 0 aliphatic carbocycles. The number of benzene rings is 3. The fourth-order valence-electron chi connectivity index (χ4n) is 4.51. The lowest BCUT2D eigenvalue weighted by Crippen LogP contribution is -2.31. The first-order valence-corrected chi connectivity index (χ1v) is 11.4. The van der Waals surface area contributed by atoms with Crippen molar-refractivity contribution in [2.24, 2.45) is 0 Å². The molecule has 5 rings (SSSR count). The predicted molar refractivity (Wildman–Crippen MR) is 133 cm³/mol. The first kappa shape index (κ1) is 23.6. The topological polar surface area (TPSA) is 75.7 Å². The molecule has 8 nitrogen and oxygen atoms in total. The molecule has 3 aromatic carbocycles. The van der Waals surface area contributed by atoms with Gasteiger partial charge in [0, 0.05) is 18.7 Å². The van der Waals surface area contributed by atoms with Crippen LogP contribution in [0.2, 0.25) is 0 Å². The van der Waals surface area contributed by atoms with Gasteiger partial charge >= 0.3 is 0 Å². The second-order valence-corrected chi connectivity index (χ2v) is 8.39. The molecule has 0 amide bonds. The van der Waals surface area contributed by atoms with Crippen LogP contribution in [0, 0.1) is 0 Å². The molecule has 8 heteroatoms. The Hall–Kier alpha value is -4.17. The van der Waals surface area contributed by atoms with E-state index in [0.29, 0.717) is 65.4 Å². The molecule has 0 spiro atoms. The number of allylic oxidation sites excluding steroid dienone is 1. The Labute approximate surface area is 209 Å². The molecule has 0 unspecified atom stereocenters. The zero-order valence-electron chi connectivity index (χ0n) is 20.6. The lowest BCUT2D eigenvalue weighted by Gasteiger charge is -2.29. The number of carbonyl (C=O) groups excluding carboxylic acids is 1. The summed E-state index contributed by atoms with van der Waals surface area (Å²) in [6.45, 7) is 1.61. The maximum absolute atomic E-state index is 13.2. The molecule has 36 heavy (non-hydrogen) atoms. The number of nitrogens with zero attached hydrogens (tertiary/aromatic N) is 1. The zero-order chi connectivity index (χ0) is 25.2. The van der Waals surface area contributed by atoms with E-state index in [1.165, 1.54) is 0 Å². The minimum absolute atomic E-state index is 0.185. The number of rotatable bonds is 7. The van der Waals surface area contributed by atoms with E-state index in [0.717, 1.165) is 11.1 Å². The van der Waals surface area contributed by atoms with E-state index in [1.54, 1.807) is 46.6 Å². The summed E-state index contributed by atoms with van der Waals surface area (Å²) in [7, 11) is 6.36. The van der Waals surface area contributed by atoms with Gasteiger partial charge in [0.25, 0.3) is 0 Å². The highest BCUT2D eigenvalue weighted by Gasteiger charge is 2.34. The van der Waals surface area contributed by atoms with Gasteiger partial charge in [0.1, 0.15) is 18.2 Å². The molecule has 0 radical (unpaired) electrons. The normalized spacial score (nSPS) is 15.6. The predicted octanol–water partition coefficient (Wildman–Crippen LogP) is 4.69. The van der Waals surface area contributed by atoms with Crippen LogP contribution >= 0.6 is 0 Å². The number of methoxy groups -OCH3 is 4. The number of ketones is 1. The molecule has 0 atom stereocenters. The fraction of sp³-hybridized carbons (Fsp3) is 0.250. The third-order valence-corrected chi connectivity index (χ3v) is 6.26. The molecule has 3 aromatic rings. The van der Waals surface area contributed by atoms with Crippen LogP contribution in [0.4, 0.5) is 0 Å². The number of para-hydroxylation sites is 1. The molecule has 2 heterocycles. The monoisotopic (exact) mass is 489 g/mol. The molecule has 0 saturated heterocycles. The average Bonchev–Trinajstić information content (AvgIpc) is 3.23. The number of fused-ring (bicyclic) bond motifs is 3. The Morgan fingerprint density at radius 1 is 0.917 bits per heavy atom. The lowest BCUT2D eigenvalue weighted by atomic mass is 10.0. The quantitative estimate of drug-likeness (QED) is 0.443. The number of hydrogen-bond donors (Lipinski definition) is 0. The standard InChI is InChI=1S/C28H27NO7/c1-31-22-10-8-17(12-24(22)33-3)14-29-15-20-21(35-16-29)11-9-19-26(30)25(36-28(19)20)13-18-6-5-7-23(32-2)27(18)34-4/h5-13H,14-16H2,1-4H3/b25-13-. The number of carbonyl (C=O) groups is 1. The van der Waals surface area contributed by atoms with Gasteiger partial charge in [-0.05, 0) is 42.0 Å². The Balaban J connectivity index is 1.41. The number of ether oxygens (including phenoxy) is 6. The third kappa shape index (κ3) is 4.20. The largest absolute Gasteiger partial charge is 0.493 e. The molecular formula is C28H27NO7. The maximum atomic E-state index is 13.2. The molecule has 2 aliphatic rings. The van der Waals surface area contributed by atoms with Crippen LogP contribution in [0.5, 0.6) is 34.5 Å². The van der Waals surface area contributed by atoms with Crippen LogP contribution < -0.4 is 28.4 Å². The van der Waals surface area contributed by atoms with Crippen LogP contribution in [0.1, 0.15) is 27.0 Å². The highest BCUT2D eigenvalue weighted by molar-refractivity contribution is 6.15. The van der Waals surface area contributed by atoms with Crippen molar-refractivity contribution in [1.29, 1.82) is 0 Å². The van der Waals surface area contributed by atoms with Crippen LogP contribution in [-0.2, 0) is 13.1 Å². The summed E-state index contributed by atoms with van der Waals surface area (Å²) >= 11 is 0. The van der Waals surface area contributed by atoms with Crippen LogP contribution in [0.3, 0.4) is 0 Å². The van der Waals surface area contributed by atoms with Gasteiger partial charge in [-0.25, -0.2) is 0 Å². The van der Waals surface area contributed by atoms with Crippen molar-refractivity contribution in [3.8, 4) is 34.5 Å². The highest BCUT2D eigenvalue weighted by Crippen LogP contribution is 2.43. The molecule has 0 bridgehead atoms. The molecule has 186 valence electrons. The minimum atomic E-state index is -0.185. The molecule has 0 aromatic heterocycles. The second kappa shape index (κ2) is 9.83. The van der Waals surface area contributed by atoms with E-state index >= 15 is 0 Å².